The standard InChI is InChI=1S/C21H23NO4S/c1-14-4-5-15(2)18(12-14)22-20(24)13-26-21(25)11-10-19(23)16-6-8-17(27-3)9-7-16/h4-9,12H,10-11,13H2,1-3H3,(H,22,24). The number of nitrogens with one attached hydrogen (secondary N) is 1. The summed E-state index contributed by atoms with van der Waals surface area (Å²) >= 11 is 1.60. The molecule has 0 radical (unpaired) electrons. The van der Waals surface area contributed by atoms with Crippen molar-refractivity contribution in [2.24, 2.45) is 0 Å². The van der Waals surface area contributed by atoms with Crippen molar-refractivity contribution in [3.63, 3.8) is 0 Å². The first-order valence-corrected chi connectivity index (χ1v) is 9.81. The van der Waals surface area contributed by atoms with E-state index in [0.29, 0.717) is 11.3 Å². The molecule has 1 amide bonds. The summed E-state index contributed by atoms with van der Waals surface area (Å²) in [4.78, 5) is 36.9. The molecule has 1 N–H and O–H groups in total. The molecular weight excluding hydrogens is 362 g/mol. The van der Waals surface area contributed by atoms with Crippen molar-refractivity contribution < 1.29 is 19.1 Å². The molecule has 0 fully saturated rings. The smallest absolute Gasteiger partial charge is 0.306 e. The summed E-state index contributed by atoms with van der Waals surface area (Å²) < 4.78 is 4.96. The number of hydrogen-bond donors (Lipinski definition) is 1. The molecule has 2 aromatic rings. The van der Waals surface area contributed by atoms with Crippen LogP contribution in [0.15, 0.2) is 47.4 Å². The minimum atomic E-state index is -0.569. The molecule has 0 saturated carbocycles. The van der Waals surface area contributed by atoms with Gasteiger partial charge in [0.05, 0.1) is 6.42 Å². The monoisotopic (exact) mass is 385 g/mol. The van der Waals surface area contributed by atoms with Crippen LogP contribution in [-0.4, -0.2) is 30.5 Å². The Labute approximate surface area is 163 Å². The molecule has 0 spiro atoms. The largest absolute Gasteiger partial charge is 0.456 e. The predicted octanol–water partition coefficient (Wildman–Crippen LogP) is 4.17. The number of thioether (sulfide) groups is 1. The second-order valence-corrected chi connectivity index (χ2v) is 7.06. The number of esters is 1. The van der Waals surface area contributed by atoms with Gasteiger partial charge in [-0.1, -0.05) is 24.3 Å². The van der Waals surface area contributed by atoms with E-state index in [4.69, 9.17) is 4.74 Å². The van der Waals surface area contributed by atoms with E-state index in [9.17, 15) is 14.4 Å². The highest BCUT2D eigenvalue weighted by atomic mass is 32.2. The Morgan fingerprint density at radius 1 is 1.00 bits per heavy atom. The fraction of sp³-hybridized carbons (Fsp3) is 0.286. The van der Waals surface area contributed by atoms with E-state index in [-0.39, 0.29) is 25.2 Å². The van der Waals surface area contributed by atoms with Crippen LogP contribution in [0.2, 0.25) is 0 Å². The zero-order chi connectivity index (χ0) is 19.8. The third-order valence-electron chi connectivity index (χ3n) is 4.00. The molecule has 0 bridgehead atoms. The molecule has 142 valence electrons. The molecule has 5 nitrogen and oxygen atoms in total. The number of Topliss-reactive ketones (excluding diaryl/α,β-unsaturated/α-hetero) is 1. The molecule has 2 rings (SSSR count). The maximum atomic E-state index is 12.1. The summed E-state index contributed by atoms with van der Waals surface area (Å²) in [5.74, 6) is -1.10. The van der Waals surface area contributed by atoms with E-state index in [1.165, 1.54) is 0 Å². The number of ether oxygens (including phenoxy) is 1. The van der Waals surface area contributed by atoms with Crippen LogP contribution >= 0.6 is 11.8 Å². The van der Waals surface area contributed by atoms with E-state index in [1.807, 2.05) is 50.4 Å². The quantitative estimate of drug-likeness (QED) is 0.419. The Kier molecular flexibility index (Phi) is 7.61. The number of rotatable bonds is 8. The summed E-state index contributed by atoms with van der Waals surface area (Å²) in [6.07, 6.45) is 1.96. The predicted molar refractivity (Wildman–Crippen MR) is 107 cm³/mol. The first kappa shape index (κ1) is 20.7. The summed E-state index contributed by atoms with van der Waals surface area (Å²) in [5, 5.41) is 2.72. The van der Waals surface area contributed by atoms with Crippen molar-refractivity contribution in [3.8, 4) is 0 Å². The lowest BCUT2D eigenvalue weighted by Crippen LogP contribution is -2.21. The van der Waals surface area contributed by atoms with Gasteiger partial charge in [-0.05, 0) is 49.4 Å². The van der Waals surface area contributed by atoms with Crippen LogP contribution in [-0.2, 0) is 14.3 Å². The number of ketones is 1. The number of benzene rings is 2. The van der Waals surface area contributed by atoms with Crippen LogP contribution < -0.4 is 5.32 Å². The molecule has 0 aromatic heterocycles. The zero-order valence-corrected chi connectivity index (χ0v) is 16.5. The Morgan fingerprint density at radius 3 is 2.37 bits per heavy atom. The van der Waals surface area contributed by atoms with Gasteiger partial charge in [-0.15, -0.1) is 11.8 Å². The van der Waals surface area contributed by atoms with Crippen molar-refractivity contribution in [2.75, 3.05) is 18.2 Å². The topological polar surface area (TPSA) is 72.5 Å². The molecule has 0 saturated heterocycles. The van der Waals surface area contributed by atoms with Gasteiger partial charge in [0.15, 0.2) is 12.4 Å². The number of hydrogen-bond acceptors (Lipinski definition) is 5. The zero-order valence-electron chi connectivity index (χ0n) is 15.7. The van der Waals surface area contributed by atoms with Crippen LogP contribution in [0.25, 0.3) is 0 Å². The van der Waals surface area contributed by atoms with Crippen molar-refractivity contribution in [3.05, 3.63) is 59.2 Å². The molecule has 0 aliphatic carbocycles. The highest BCUT2D eigenvalue weighted by Gasteiger charge is 2.12. The SMILES string of the molecule is CSc1ccc(C(=O)CCC(=O)OCC(=O)Nc2cc(C)ccc2C)cc1. The van der Waals surface area contributed by atoms with Crippen LogP contribution in [0.4, 0.5) is 5.69 Å². The molecule has 0 aliphatic rings. The van der Waals surface area contributed by atoms with Gasteiger partial charge in [0, 0.05) is 22.6 Å². The average molecular weight is 385 g/mol. The van der Waals surface area contributed by atoms with Gasteiger partial charge < -0.3 is 10.1 Å². The Morgan fingerprint density at radius 2 is 1.70 bits per heavy atom. The van der Waals surface area contributed by atoms with Gasteiger partial charge in [-0.2, -0.15) is 0 Å². The summed E-state index contributed by atoms with van der Waals surface area (Å²) in [6.45, 7) is 3.45. The maximum Gasteiger partial charge on any atom is 0.306 e. The lowest BCUT2D eigenvalue weighted by atomic mass is 10.1. The molecule has 0 atom stereocenters. The molecule has 0 aliphatic heterocycles. The van der Waals surface area contributed by atoms with Crippen molar-refractivity contribution in [1.82, 2.24) is 0 Å². The maximum absolute atomic E-state index is 12.1. The lowest BCUT2D eigenvalue weighted by molar-refractivity contribution is -0.147. The number of amides is 1. The van der Waals surface area contributed by atoms with Gasteiger partial charge in [-0.25, -0.2) is 0 Å². The van der Waals surface area contributed by atoms with Gasteiger partial charge in [-0.3, -0.25) is 14.4 Å². The van der Waals surface area contributed by atoms with E-state index in [1.54, 1.807) is 23.9 Å². The average Bonchev–Trinajstić information content (AvgIpc) is 2.67. The van der Waals surface area contributed by atoms with Crippen molar-refractivity contribution in [1.29, 1.82) is 0 Å². The second kappa shape index (κ2) is 9.92. The summed E-state index contributed by atoms with van der Waals surface area (Å²) in [5.41, 5.74) is 3.21. The number of anilines is 1. The minimum Gasteiger partial charge on any atom is -0.456 e. The minimum absolute atomic E-state index is 0.0516. The molecular formula is C21H23NO4S. The number of aryl methyl sites for hydroxylation is 2. The van der Waals surface area contributed by atoms with Gasteiger partial charge in [0.25, 0.3) is 5.91 Å². The van der Waals surface area contributed by atoms with Crippen molar-refractivity contribution in [2.45, 2.75) is 31.6 Å². The van der Waals surface area contributed by atoms with Crippen LogP contribution in [0.3, 0.4) is 0 Å². The molecule has 2 aromatic carbocycles. The molecule has 27 heavy (non-hydrogen) atoms. The first-order chi connectivity index (χ1) is 12.9. The second-order valence-electron chi connectivity index (χ2n) is 6.18. The van der Waals surface area contributed by atoms with Crippen LogP contribution in [0, 0.1) is 13.8 Å². The number of carbonyl (C=O) groups excluding carboxylic acids is 3. The van der Waals surface area contributed by atoms with E-state index >= 15 is 0 Å². The normalized spacial score (nSPS) is 10.3. The van der Waals surface area contributed by atoms with Crippen LogP contribution in [0.1, 0.15) is 34.3 Å². The fourth-order valence-corrected chi connectivity index (χ4v) is 2.82. The highest BCUT2D eigenvalue weighted by Crippen LogP contribution is 2.17. The first-order valence-electron chi connectivity index (χ1n) is 8.59. The Bertz CT molecular complexity index is 831. The van der Waals surface area contributed by atoms with E-state index in [2.05, 4.69) is 5.32 Å². The van der Waals surface area contributed by atoms with Crippen molar-refractivity contribution >= 4 is 35.1 Å². The molecule has 0 unspecified atom stereocenters. The third kappa shape index (κ3) is 6.57. The summed E-state index contributed by atoms with van der Waals surface area (Å²) in [7, 11) is 0. The highest BCUT2D eigenvalue weighted by molar-refractivity contribution is 7.98. The Hall–Kier alpha value is -2.60. The third-order valence-corrected chi connectivity index (χ3v) is 4.74. The van der Waals surface area contributed by atoms with Gasteiger partial charge >= 0.3 is 5.97 Å². The fourth-order valence-electron chi connectivity index (χ4n) is 2.41. The molecule has 0 heterocycles. The lowest BCUT2D eigenvalue weighted by Gasteiger charge is -2.10. The molecule has 6 heteroatoms. The van der Waals surface area contributed by atoms with E-state index < -0.39 is 11.9 Å². The van der Waals surface area contributed by atoms with E-state index in [0.717, 1.165) is 16.0 Å². The number of carbonyl (C=O) groups is 3. The van der Waals surface area contributed by atoms with Crippen LogP contribution in [0.5, 0.6) is 0 Å². The summed E-state index contributed by atoms with van der Waals surface area (Å²) in [6, 6.07) is 13.0. The van der Waals surface area contributed by atoms with Gasteiger partial charge in [0.2, 0.25) is 0 Å². The Balaban J connectivity index is 1.75. The van der Waals surface area contributed by atoms with Gasteiger partial charge in [0.1, 0.15) is 0 Å².